The largest absolute Gasteiger partial charge is 0.368 e. The van der Waals surface area contributed by atoms with Crippen LogP contribution in [0.25, 0.3) is 0 Å². The van der Waals surface area contributed by atoms with Gasteiger partial charge in [-0.15, -0.1) is 0 Å². The first-order valence-electron chi connectivity index (χ1n) is 7.09. The number of hydrogen-bond acceptors (Lipinski definition) is 7. The van der Waals surface area contributed by atoms with E-state index in [0.29, 0.717) is 30.9 Å². The normalized spacial score (nSPS) is 13.8. The zero-order valence-corrected chi connectivity index (χ0v) is 12.1. The van der Waals surface area contributed by atoms with Crippen molar-refractivity contribution in [3.63, 3.8) is 0 Å². The van der Waals surface area contributed by atoms with Crippen LogP contribution in [0.15, 0.2) is 0 Å². The predicted octanol–water partition coefficient (Wildman–Crippen LogP) is 1.18. The van der Waals surface area contributed by atoms with Crippen LogP contribution < -0.4 is 15.5 Å². The Kier molecular flexibility index (Phi) is 4.56. The second-order valence-electron chi connectivity index (χ2n) is 4.80. The molecule has 2 rings (SSSR count). The molecule has 0 aromatic carbocycles. The van der Waals surface area contributed by atoms with Crippen molar-refractivity contribution >= 4 is 17.8 Å². The molecule has 20 heavy (non-hydrogen) atoms. The highest BCUT2D eigenvalue weighted by molar-refractivity contribution is 5.45. The molecule has 7 nitrogen and oxygen atoms in total. The van der Waals surface area contributed by atoms with Crippen molar-refractivity contribution in [2.75, 3.05) is 35.2 Å². The molecule has 1 saturated carbocycles. The Labute approximate surface area is 119 Å². The van der Waals surface area contributed by atoms with E-state index in [1.807, 2.05) is 4.90 Å². The van der Waals surface area contributed by atoms with Crippen molar-refractivity contribution in [2.45, 2.75) is 39.2 Å². The monoisotopic (exact) mass is 275 g/mol. The number of aromatic nitrogens is 3. The van der Waals surface area contributed by atoms with Gasteiger partial charge in [-0.3, -0.25) is 0 Å². The Bertz CT molecular complexity index is 488. The van der Waals surface area contributed by atoms with Crippen LogP contribution >= 0.6 is 0 Å². The zero-order chi connectivity index (χ0) is 14.5. The highest BCUT2D eigenvalue weighted by atomic mass is 15.4. The van der Waals surface area contributed by atoms with E-state index in [0.717, 1.165) is 25.9 Å². The van der Waals surface area contributed by atoms with Gasteiger partial charge in [0.25, 0.3) is 0 Å². The highest BCUT2D eigenvalue weighted by Crippen LogP contribution is 2.30. The van der Waals surface area contributed by atoms with Crippen molar-refractivity contribution in [1.29, 1.82) is 5.26 Å². The van der Waals surface area contributed by atoms with Crippen LogP contribution in [0.5, 0.6) is 0 Å². The van der Waals surface area contributed by atoms with Crippen molar-refractivity contribution in [3.8, 4) is 6.07 Å². The van der Waals surface area contributed by atoms with E-state index in [9.17, 15) is 0 Å². The summed E-state index contributed by atoms with van der Waals surface area (Å²) in [6.45, 7) is 6.39. The number of nitriles is 1. The highest BCUT2D eigenvalue weighted by Gasteiger charge is 2.31. The summed E-state index contributed by atoms with van der Waals surface area (Å²) >= 11 is 0. The molecule has 2 N–H and O–H groups in total. The summed E-state index contributed by atoms with van der Waals surface area (Å²) in [7, 11) is 0. The van der Waals surface area contributed by atoms with E-state index >= 15 is 0 Å². The van der Waals surface area contributed by atoms with E-state index in [1.54, 1.807) is 0 Å². The fourth-order valence-corrected chi connectivity index (χ4v) is 2.15. The van der Waals surface area contributed by atoms with Gasteiger partial charge in [-0.25, -0.2) is 0 Å². The number of nitrogens with two attached hydrogens (primary N) is 1. The first kappa shape index (κ1) is 14.3. The van der Waals surface area contributed by atoms with Gasteiger partial charge in [0.05, 0.1) is 12.5 Å². The molecule has 1 aromatic rings. The summed E-state index contributed by atoms with van der Waals surface area (Å²) in [6.07, 6.45) is 2.71. The molecule has 0 atom stereocenters. The third-order valence-electron chi connectivity index (χ3n) is 3.38. The number of nitrogen functional groups attached to an aromatic ring is 1. The summed E-state index contributed by atoms with van der Waals surface area (Å²) < 4.78 is 0. The summed E-state index contributed by atoms with van der Waals surface area (Å²) in [4.78, 5) is 17.1. The van der Waals surface area contributed by atoms with Crippen molar-refractivity contribution < 1.29 is 0 Å². The fourth-order valence-electron chi connectivity index (χ4n) is 2.15. The summed E-state index contributed by atoms with van der Waals surface area (Å²) in [5.74, 6) is 1.44. The van der Waals surface area contributed by atoms with E-state index in [4.69, 9.17) is 11.0 Å². The first-order chi connectivity index (χ1) is 9.69. The van der Waals surface area contributed by atoms with Crippen LogP contribution in [-0.2, 0) is 0 Å². The molecule has 0 amide bonds. The molecular formula is C13H21N7. The average molecular weight is 275 g/mol. The van der Waals surface area contributed by atoms with Gasteiger partial charge in [-0.05, 0) is 26.7 Å². The molecule has 1 aliphatic rings. The van der Waals surface area contributed by atoms with Gasteiger partial charge in [0.1, 0.15) is 0 Å². The molecule has 0 aliphatic heterocycles. The maximum atomic E-state index is 8.78. The molecule has 0 spiro atoms. The van der Waals surface area contributed by atoms with Crippen molar-refractivity contribution in [3.05, 3.63) is 0 Å². The molecule has 1 aromatic heterocycles. The van der Waals surface area contributed by atoms with Gasteiger partial charge in [0.2, 0.25) is 17.8 Å². The topological polar surface area (TPSA) is 95.0 Å². The summed E-state index contributed by atoms with van der Waals surface area (Å²) in [6, 6.07) is 2.61. The van der Waals surface area contributed by atoms with Gasteiger partial charge < -0.3 is 15.5 Å². The Morgan fingerprint density at radius 2 is 1.85 bits per heavy atom. The fraction of sp³-hybridized carbons (Fsp3) is 0.692. The van der Waals surface area contributed by atoms with Gasteiger partial charge in [0.15, 0.2) is 0 Å². The second-order valence-corrected chi connectivity index (χ2v) is 4.80. The minimum Gasteiger partial charge on any atom is -0.368 e. The SMILES string of the molecule is CCN(CC)c1nc(N)nc(N(CCC#N)C2CC2)n1. The lowest BCUT2D eigenvalue weighted by Crippen LogP contribution is -2.31. The third-order valence-corrected chi connectivity index (χ3v) is 3.38. The summed E-state index contributed by atoms with van der Waals surface area (Å²) in [5.41, 5.74) is 5.81. The molecule has 1 fully saturated rings. The third kappa shape index (κ3) is 3.26. The Balaban J connectivity index is 2.27. The number of anilines is 3. The minimum atomic E-state index is 0.236. The Morgan fingerprint density at radius 3 is 2.40 bits per heavy atom. The number of nitrogens with zero attached hydrogens (tertiary/aromatic N) is 6. The zero-order valence-electron chi connectivity index (χ0n) is 12.1. The van der Waals surface area contributed by atoms with E-state index in [1.165, 1.54) is 0 Å². The smallest absolute Gasteiger partial charge is 0.232 e. The van der Waals surface area contributed by atoms with Crippen LogP contribution in [0.1, 0.15) is 33.1 Å². The quantitative estimate of drug-likeness (QED) is 0.798. The first-order valence-corrected chi connectivity index (χ1v) is 7.09. The lowest BCUT2D eigenvalue weighted by Gasteiger charge is -2.24. The predicted molar refractivity (Wildman–Crippen MR) is 78.4 cm³/mol. The summed E-state index contributed by atoms with van der Waals surface area (Å²) in [5, 5.41) is 8.78. The lowest BCUT2D eigenvalue weighted by molar-refractivity contribution is 0.743. The molecule has 1 aliphatic carbocycles. The maximum absolute atomic E-state index is 8.78. The molecule has 0 saturated heterocycles. The minimum absolute atomic E-state index is 0.236. The molecule has 1 heterocycles. The van der Waals surface area contributed by atoms with Crippen molar-refractivity contribution in [2.24, 2.45) is 0 Å². The lowest BCUT2D eigenvalue weighted by atomic mass is 10.4. The molecular weight excluding hydrogens is 254 g/mol. The van der Waals surface area contributed by atoms with Crippen LogP contribution in [0, 0.1) is 11.3 Å². The van der Waals surface area contributed by atoms with Crippen LogP contribution in [-0.4, -0.2) is 40.6 Å². The van der Waals surface area contributed by atoms with Gasteiger partial charge in [0, 0.05) is 25.7 Å². The van der Waals surface area contributed by atoms with Crippen molar-refractivity contribution in [1.82, 2.24) is 15.0 Å². The molecule has 0 unspecified atom stereocenters. The number of hydrogen-bond donors (Lipinski definition) is 1. The van der Waals surface area contributed by atoms with Crippen LogP contribution in [0.2, 0.25) is 0 Å². The van der Waals surface area contributed by atoms with Gasteiger partial charge in [-0.2, -0.15) is 20.2 Å². The number of rotatable bonds is 7. The molecule has 0 bridgehead atoms. The van der Waals surface area contributed by atoms with Gasteiger partial charge in [-0.1, -0.05) is 0 Å². The van der Waals surface area contributed by atoms with Crippen LogP contribution in [0.3, 0.4) is 0 Å². The Hall–Kier alpha value is -2.10. The second kappa shape index (κ2) is 6.37. The van der Waals surface area contributed by atoms with Gasteiger partial charge >= 0.3 is 0 Å². The van der Waals surface area contributed by atoms with E-state index < -0.39 is 0 Å². The van der Waals surface area contributed by atoms with E-state index in [2.05, 4.69) is 39.8 Å². The standard InChI is InChI=1S/C13H21N7/c1-3-19(4-2)12-16-11(15)17-13(18-12)20(9-5-8-14)10-6-7-10/h10H,3-7,9H2,1-2H3,(H2,15,16,17,18). The molecule has 0 radical (unpaired) electrons. The van der Waals surface area contributed by atoms with Crippen LogP contribution in [0.4, 0.5) is 17.8 Å². The molecule has 108 valence electrons. The maximum Gasteiger partial charge on any atom is 0.232 e. The molecule has 7 heteroatoms. The average Bonchev–Trinajstić information content (AvgIpc) is 3.25. The van der Waals surface area contributed by atoms with E-state index in [-0.39, 0.29) is 5.95 Å². The Morgan fingerprint density at radius 1 is 1.20 bits per heavy atom.